The zero-order valence-corrected chi connectivity index (χ0v) is 39.5. The largest absolute Gasteiger partial charge is 0.394 e. The number of unbranched alkanes of at least 4 members (excludes halogenated alkanes) is 35. The van der Waals surface area contributed by atoms with E-state index in [0.29, 0.717) is 12.8 Å². The summed E-state index contributed by atoms with van der Waals surface area (Å²) in [6.45, 7) is 4.07. The van der Waals surface area contributed by atoms with Crippen molar-refractivity contribution < 1.29 is 25.2 Å². The molecule has 0 bridgehead atoms. The Balaban J connectivity index is 3.63. The smallest absolute Gasteiger partial charge is 0.249 e. The molecule has 4 atom stereocenters. The SMILES string of the molecule is CCCCCCCCCCC/C=C\C/C=C\CCCCCCCCCCCCCCC(O)C(=O)NC(CO)C(O)C(O)CCCCCCCCCCCCCCCCC. The molecule has 59 heavy (non-hydrogen) atoms. The van der Waals surface area contributed by atoms with E-state index in [-0.39, 0.29) is 0 Å². The fraction of sp³-hybridized carbons (Fsp3) is 0.906. The maximum atomic E-state index is 12.6. The van der Waals surface area contributed by atoms with Gasteiger partial charge in [-0.1, -0.05) is 256 Å². The molecule has 6 heteroatoms. The summed E-state index contributed by atoms with van der Waals surface area (Å²) >= 11 is 0. The van der Waals surface area contributed by atoms with Gasteiger partial charge in [0.05, 0.1) is 18.8 Å². The minimum absolute atomic E-state index is 0.369. The van der Waals surface area contributed by atoms with Crippen molar-refractivity contribution in [3.05, 3.63) is 24.3 Å². The Morgan fingerprint density at radius 3 is 1.07 bits per heavy atom. The lowest BCUT2D eigenvalue weighted by atomic mass is 9.99. The number of hydrogen-bond acceptors (Lipinski definition) is 5. The third-order valence-electron chi connectivity index (χ3n) is 12.4. The van der Waals surface area contributed by atoms with E-state index in [4.69, 9.17) is 0 Å². The monoisotopic (exact) mass is 834 g/mol. The van der Waals surface area contributed by atoms with Crippen molar-refractivity contribution in [3.63, 3.8) is 0 Å². The molecule has 0 aliphatic rings. The van der Waals surface area contributed by atoms with Gasteiger partial charge in [0.25, 0.3) is 0 Å². The molecule has 0 fully saturated rings. The molecule has 0 aromatic carbocycles. The number of aliphatic hydroxyl groups excluding tert-OH is 4. The van der Waals surface area contributed by atoms with Crippen LogP contribution < -0.4 is 5.32 Å². The number of allylic oxidation sites excluding steroid dienone is 4. The maximum Gasteiger partial charge on any atom is 0.249 e. The average molecular weight is 834 g/mol. The molecule has 0 saturated carbocycles. The second-order valence-corrected chi connectivity index (χ2v) is 18.2. The molecule has 6 nitrogen and oxygen atoms in total. The highest BCUT2D eigenvalue weighted by molar-refractivity contribution is 5.80. The third kappa shape index (κ3) is 41.9. The van der Waals surface area contributed by atoms with E-state index in [9.17, 15) is 25.2 Å². The normalized spacial score (nSPS) is 14.1. The van der Waals surface area contributed by atoms with Crippen LogP contribution in [0.1, 0.15) is 277 Å². The first kappa shape index (κ1) is 57.8. The van der Waals surface area contributed by atoms with Crippen LogP contribution in [-0.4, -0.2) is 57.3 Å². The Labute approximate surface area is 367 Å². The van der Waals surface area contributed by atoms with Crippen molar-refractivity contribution >= 4 is 5.91 Å². The number of rotatable bonds is 48. The lowest BCUT2D eigenvalue weighted by Crippen LogP contribution is -2.53. The van der Waals surface area contributed by atoms with Crippen molar-refractivity contribution in [2.24, 2.45) is 0 Å². The fourth-order valence-corrected chi connectivity index (χ4v) is 8.26. The van der Waals surface area contributed by atoms with Crippen LogP contribution in [0.25, 0.3) is 0 Å². The molecule has 0 aliphatic carbocycles. The summed E-state index contributed by atoms with van der Waals surface area (Å²) in [4.78, 5) is 12.6. The zero-order chi connectivity index (χ0) is 43.1. The molecule has 0 rings (SSSR count). The first-order chi connectivity index (χ1) is 29.0. The minimum Gasteiger partial charge on any atom is -0.394 e. The number of carbonyl (C=O) groups excluding carboxylic acids is 1. The molecule has 5 N–H and O–H groups in total. The van der Waals surface area contributed by atoms with Crippen molar-refractivity contribution in [3.8, 4) is 0 Å². The summed E-state index contributed by atoms with van der Waals surface area (Å²) in [5.74, 6) is -0.582. The molecular weight excluding hydrogens is 731 g/mol. The third-order valence-corrected chi connectivity index (χ3v) is 12.4. The number of aliphatic hydroxyl groups is 4. The summed E-state index contributed by atoms with van der Waals surface area (Å²) < 4.78 is 0. The van der Waals surface area contributed by atoms with Crippen LogP contribution >= 0.6 is 0 Å². The van der Waals surface area contributed by atoms with Crippen LogP contribution in [0, 0.1) is 0 Å². The van der Waals surface area contributed by atoms with Gasteiger partial charge in [0.2, 0.25) is 5.91 Å². The average Bonchev–Trinajstić information content (AvgIpc) is 3.24. The number of hydrogen-bond donors (Lipinski definition) is 5. The quantitative estimate of drug-likeness (QED) is 0.0310. The first-order valence-corrected chi connectivity index (χ1v) is 26.2. The highest BCUT2D eigenvalue weighted by atomic mass is 16.3. The lowest BCUT2D eigenvalue weighted by molar-refractivity contribution is -0.132. The fourth-order valence-electron chi connectivity index (χ4n) is 8.26. The second kappa shape index (κ2) is 47.8. The molecule has 350 valence electrons. The van der Waals surface area contributed by atoms with Gasteiger partial charge in [-0.05, 0) is 44.9 Å². The topological polar surface area (TPSA) is 110 Å². The molecule has 0 aliphatic heterocycles. The van der Waals surface area contributed by atoms with Gasteiger partial charge in [-0.15, -0.1) is 0 Å². The highest BCUT2D eigenvalue weighted by Crippen LogP contribution is 2.17. The maximum absolute atomic E-state index is 12.6. The number of nitrogens with one attached hydrogen (secondary N) is 1. The molecule has 0 aromatic heterocycles. The van der Waals surface area contributed by atoms with Gasteiger partial charge >= 0.3 is 0 Å². The van der Waals surface area contributed by atoms with E-state index >= 15 is 0 Å². The van der Waals surface area contributed by atoms with Gasteiger partial charge in [0.15, 0.2) is 0 Å². The van der Waals surface area contributed by atoms with E-state index in [0.717, 1.165) is 44.9 Å². The number of amides is 1. The van der Waals surface area contributed by atoms with Gasteiger partial charge in [-0.25, -0.2) is 0 Å². The zero-order valence-electron chi connectivity index (χ0n) is 39.5. The van der Waals surface area contributed by atoms with Gasteiger partial charge in [0, 0.05) is 0 Å². The molecule has 4 unspecified atom stereocenters. The molecule has 0 heterocycles. The second-order valence-electron chi connectivity index (χ2n) is 18.2. The summed E-state index contributed by atoms with van der Waals surface area (Å²) in [5.41, 5.74) is 0. The van der Waals surface area contributed by atoms with Gasteiger partial charge in [-0.3, -0.25) is 4.79 Å². The van der Waals surface area contributed by atoms with Crippen LogP contribution in [0.2, 0.25) is 0 Å². The standard InChI is InChI=1S/C53H103NO5/c1-3-5-7-9-11-13-15-17-19-20-21-22-23-24-25-26-27-28-29-30-31-33-35-37-39-41-43-45-47-51(57)53(59)54-49(48-55)52(58)50(56)46-44-42-40-38-36-34-32-18-16-14-12-10-8-6-4-2/h21-22,24-25,49-52,55-58H,3-20,23,26-48H2,1-2H3,(H,54,59)/b22-21-,25-24-. The molecule has 0 radical (unpaired) electrons. The van der Waals surface area contributed by atoms with Crippen molar-refractivity contribution in [1.82, 2.24) is 5.32 Å². The van der Waals surface area contributed by atoms with Crippen molar-refractivity contribution in [1.29, 1.82) is 0 Å². The van der Waals surface area contributed by atoms with Crippen LogP contribution in [0.5, 0.6) is 0 Å². The predicted molar refractivity (Wildman–Crippen MR) is 256 cm³/mol. The van der Waals surface area contributed by atoms with Gasteiger partial charge in [0.1, 0.15) is 12.2 Å². The van der Waals surface area contributed by atoms with Crippen molar-refractivity contribution in [2.75, 3.05) is 6.61 Å². The number of carbonyl (C=O) groups is 1. The Morgan fingerprint density at radius 1 is 0.424 bits per heavy atom. The summed E-state index contributed by atoms with van der Waals surface area (Å²) in [6.07, 6.45) is 56.6. The Kier molecular flexibility index (Phi) is 46.9. The summed E-state index contributed by atoms with van der Waals surface area (Å²) in [5, 5.41) is 43.9. The minimum atomic E-state index is -1.26. The van der Waals surface area contributed by atoms with E-state index < -0.39 is 36.9 Å². The summed E-state index contributed by atoms with van der Waals surface area (Å²) in [6, 6.07) is -0.984. The Morgan fingerprint density at radius 2 is 0.729 bits per heavy atom. The van der Waals surface area contributed by atoms with Crippen LogP contribution in [-0.2, 0) is 4.79 Å². The van der Waals surface area contributed by atoms with Gasteiger partial charge in [-0.2, -0.15) is 0 Å². The van der Waals surface area contributed by atoms with Crippen LogP contribution in [0.3, 0.4) is 0 Å². The molecular formula is C53H103NO5. The van der Waals surface area contributed by atoms with Crippen LogP contribution in [0.15, 0.2) is 24.3 Å². The van der Waals surface area contributed by atoms with E-state index in [1.807, 2.05) is 0 Å². The van der Waals surface area contributed by atoms with E-state index in [1.54, 1.807) is 0 Å². The highest BCUT2D eigenvalue weighted by Gasteiger charge is 2.28. The molecule has 0 aromatic rings. The van der Waals surface area contributed by atoms with E-state index in [1.165, 1.54) is 205 Å². The Bertz CT molecular complexity index is 893. The predicted octanol–water partition coefficient (Wildman–Crippen LogP) is 14.7. The lowest BCUT2D eigenvalue weighted by Gasteiger charge is -2.27. The van der Waals surface area contributed by atoms with E-state index in [2.05, 4.69) is 43.5 Å². The molecule has 0 saturated heterocycles. The van der Waals surface area contributed by atoms with Gasteiger partial charge < -0.3 is 25.7 Å². The molecule has 0 spiro atoms. The first-order valence-electron chi connectivity index (χ1n) is 26.2. The molecule has 1 amide bonds. The van der Waals surface area contributed by atoms with Crippen LogP contribution in [0.4, 0.5) is 0 Å². The summed E-state index contributed by atoms with van der Waals surface area (Å²) in [7, 11) is 0. The Hall–Kier alpha value is -1.21. The van der Waals surface area contributed by atoms with Crippen molar-refractivity contribution in [2.45, 2.75) is 301 Å².